The number of hydrogen-bond acceptors (Lipinski definition) is 4. The Morgan fingerprint density at radius 3 is 1.73 bits per heavy atom. The largest absolute Gasteiger partial charge is 0.481 e. The third-order valence-electron chi connectivity index (χ3n) is 9.20. The molecule has 0 fully saturated rings. The lowest BCUT2D eigenvalue weighted by atomic mass is 9.91. The van der Waals surface area contributed by atoms with Crippen molar-refractivity contribution >= 4 is 35.9 Å². The minimum absolute atomic E-state index is 0.0627. The number of aromatic nitrogens is 2. The number of aliphatic carboxylic acids is 2. The molecule has 2 aromatic heterocycles. The van der Waals surface area contributed by atoms with E-state index in [2.05, 4.69) is 20.6 Å². The Morgan fingerprint density at radius 1 is 0.778 bits per heavy atom. The molecule has 0 saturated heterocycles. The highest BCUT2D eigenvalue weighted by Gasteiger charge is 2.28. The number of rotatable bonds is 12. The lowest BCUT2D eigenvalue weighted by molar-refractivity contribution is -0.141. The van der Waals surface area contributed by atoms with Gasteiger partial charge in [0.15, 0.2) is 0 Å². The summed E-state index contributed by atoms with van der Waals surface area (Å²) in [5, 5.41) is 25.3. The first-order valence-corrected chi connectivity index (χ1v) is 15.5. The van der Waals surface area contributed by atoms with E-state index in [9.17, 15) is 29.4 Å². The van der Waals surface area contributed by atoms with Crippen LogP contribution in [0.25, 0.3) is 12.2 Å². The maximum atomic E-state index is 12.4. The molecule has 45 heavy (non-hydrogen) atoms. The highest BCUT2D eigenvalue weighted by Crippen LogP contribution is 2.35. The molecule has 240 valence electrons. The van der Waals surface area contributed by atoms with Crippen LogP contribution in [0.4, 0.5) is 0 Å². The van der Waals surface area contributed by atoms with E-state index < -0.39 is 17.9 Å². The highest BCUT2D eigenvalue weighted by molar-refractivity contribution is 6.01. The molecule has 10 nitrogen and oxygen atoms in total. The number of H-pyrrole nitrogens is 2. The first-order chi connectivity index (χ1) is 21.2. The predicted molar refractivity (Wildman–Crippen MR) is 173 cm³/mol. The van der Waals surface area contributed by atoms with Crippen LogP contribution in [0.2, 0.25) is 0 Å². The lowest BCUT2D eigenvalue weighted by Crippen LogP contribution is -2.15. The Kier molecular flexibility index (Phi) is 9.75. The maximum absolute atomic E-state index is 12.4. The van der Waals surface area contributed by atoms with Gasteiger partial charge in [-0.2, -0.15) is 0 Å². The molecule has 2 atom stereocenters. The van der Waals surface area contributed by atoms with Gasteiger partial charge in [0.25, 0.3) is 11.8 Å². The van der Waals surface area contributed by atoms with Gasteiger partial charge >= 0.3 is 11.9 Å². The standard InChI is InChI=1S/C35H44N4O6/c1-9-22-19(6)33(42)38-27(22)13-25-18(5)24(11-17(4)35(44)45)29(36-25)15-30-32(16(3)12-31(40)41)21(8)26(37-30)14-28-23(10-2)20(7)34(43)39-28/h13-14,16-17,36-37H,9-12,15H2,1-8H3,(H,38,42)(H,39,43)(H,40,41)(H,44,45)/b27-13-,28-14-/t16-,17+/m0/s1. The molecule has 0 bridgehead atoms. The maximum Gasteiger partial charge on any atom is 0.306 e. The third-order valence-corrected chi connectivity index (χ3v) is 9.20. The van der Waals surface area contributed by atoms with Crippen molar-refractivity contribution in [2.45, 2.75) is 93.4 Å². The van der Waals surface area contributed by atoms with E-state index in [0.717, 1.165) is 67.6 Å². The van der Waals surface area contributed by atoms with Gasteiger partial charge in [0.05, 0.1) is 12.3 Å². The second-order valence-corrected chi connectivity index (χ2v) is 12.2. The van der Waals surface area contributed by atoms with Crippen LogP contribution in [0.3, 0.4) is 0 Å². The van der Waals surface area contributed by atoms with E-state index in [4.69, 9.17) is 0 Å². The Morgan fingerprint density at radius 2 is 1.27 bits per heavy atom. The number of amides is 2. The molecule has 2 aliphatic rings. The molecule has 2 amide bonds. The minimum Gasteiger partial charge on any atom is -0.481 e. The summed E-state index contributed by atoms with van der Waals surface area (Å²) in [5.41, 5.74) is 11.4. The topological polar surface area (TPSA) is 164 Å². The highest BCUT2D eigenvalue weighted by atomic mass is 16.4. The van der Waals surface area contributed by atoms with Gasteiger partial charge in [-0.05, 0) is 98.4 Å². The number of carboxylic acid groups (broad SMARTS) is 2. The smallest absolute Gasteiger partial charge is 0.306 e. The van der Waals surface area contributed by atoms with Gasteiger partial charge in [-0.15, -0.1) is 0 Å². The molecule has 0 aromatic carbocycles. The summed E-state index contributed by atoms with van der Waals surface area (Å²) in [6, 6.07) is 0. The molecule has 0 spiro atoms. The molecule has 0 saturated carbocycles. The van der Waals surface area contributed by atoms with Crippen LogP contribution >= 0.6 is 0 Å². The summed E-state index contributed by atoms with van der Waals surface area (Å²) in [5.74, 6) is -3.00. The molecular weight excluding hydrogens is 572 g/mol. The van der Waals surface area contributed by atoms with Crippen LogP contribution < -0.4 is 10.6 Å². The van der Waals surface area contributed by atoms with Gasteiger partial charge in [-0.25, -0.2) is 0 Å². The van der Waals surface area contributed by atoms with Crippen molar-refractivity contribution in [1.82, 2.24) is 20.6 Å². The minimum atomic E-state index is -0.905. The monoisotopic (exact) mass is 616 g/mol. The zero-order valence-corrected chi connectivity index (χ0v) is 27.4. The average Bonchev–Trinajstić information content (AvgIpc) is 3.61. The van der Waals surface area contributed by atoms with E-state index in [1.54, 1.807) is 20.8 Å². The molecule has 0 radical (unpaired) electrons. The molecule has 4 heterocycles. The second kappa shape index (κ2) is 13.2. The van der Waals surface area contributed by atoms with Gasteiger partial charge in [0.1, 0.15) is 0 Å². The third kappa shape index (κ3) is 6.60. The Bertz CT molecular complexity index is 1710. The van der Waals surface area contributed by atoms with Gasteiger partial charge in [-0.1, -0.05) is 27.7 Å². The second-order valence-electron chi connectivity index (χ2n) is 12.2. The summed E-state index contributed by atoms with van der Waals surface area (Å²) in [7, 11) is 0. The summed E-state index contributed by atoms with van der Waals surface area (Å²) in [6.45, 7) is 15.1. The Hall–Kier alpha value is -4.60. The van der Waals surface area contributed by atoms with Crippen LogP contribution in [0.5, 0.6) is 0 Å². The number of aromatic amines is 2. The van der Waals surface area contributed by atoms with E-state index >= 15 is 0 Å². The van der Waals surface area contributed by atoms with Crippen molar-refractivity contribution < 1.29 is 29.4 Å². The lowest BCUT2D eigenvalue weighted by Gasteiger charge is -2.14. The average molecular weight is 617 g/mol. The van der Waals surface area contributed by atoms with Crippen LogP contribution in [-0.2, 0) is 32.0 Å². The fourth-order valence-corrected chi connectivity index (χ4v) is 6.58. The van der Waals surface area contributed by atoms with Gasteiger partial charge in [-0.3, -0.25) is 19.2 Å². The van der Waals surface area contributed by atoms with E-state index in [0.29, 0.717) is 36.8 Å². The van der Waals surface area contributed by atoms with Crippen molar-refractivity contribution in [2.24, 2.45) is 5.92 Å². The summed E-state index contributed by atoms with van der Waals surface area (Å²) in [6.07, 6.45) is 5.80. The van der Waals surface area contributed by atoms with E-state index in [1.807, 2.05) is 46.8 Å². The molecule has 0 unspecified atom stereocenters. The van der Waals surface area contributed by atoms with Crippen LogP contribution in [0.15, 0.2) is 33.7 Å². The van der Waals surface area contributed by atoms with Crippen molar-refractivity contribution in [2.75, 3.05) is 0 Å². The molecule has 10 heteroatoms. The van der Waals surface area contributed by atoms with Crippen LogP contribution in [0.1, 0.15) is 112 Å². The first kappa shape index (κ1) is 33.3. The molecule has 2 aliphatic heterocycles. The Balaban J connectivity index is 1.86. The van der Waals surface area contributed by atoms with Gasteiger partial charge in [0, 0.05) is 51.7 Å². The van der Waals surface area contributed by atoms with Crippen molar-refractivity contribution in [3.8, 4) is 0 Å². The number of allylic oxidation sites excluding steroid dienone is 2. The van der Waals surface area contributed by atoms with Crippen molar-refractivity contribution in [3.63, 3.8) is 0 Å². The zero-order chi connectivity index (χ0) is 33.3. The number of nitrogens with one attached hydrogen (secondary N) is 4. The van der Waals surface area contributed by atoms with Gasteiger partial charge < -0.3 is 30.8 Å². The van der Waals surface area contributed by atoms with E-state index in [-0.39, 0.29) is 24.2 Å². The molecule has 2 aromatic rings. The molecule has 6 N–H and O–H groups in total. The number of carbonyl (C=O) groups is 4. The summed E-state index contributed by atoms with van der Waals surface area (Å²) in [4.78, 5) is 55.6. The molecule has 0 aliphatic carbocycles. The summed E-state index contributed by atoms with van der Waals surface area (Å²) < 4.78 is 0. The SMILES string of the molecule is CCC1=C(C)C(=O)N/C1=C\c1[nH]c(Cc2[nH]c(/C=C3\NC(=O)C(C)=C3CC)c(C)c2[C@@H](C)CC(=O)O)c(C[C@@H](C)C(=O)O)c1C. The number of carboxylic acids is 2. The summed E-state index contributed by atoms with van der Waals surface area (Å²) >= 11 is 0. The molecular formula is C35H44N4O6. The van der Waals surface area contributed by atoms with Crippen molar-refractivity contribution in [3.05, 3.63) is 78.7 Å². The zero-order valence-electron chi connectivity index (χ0n) is 27.4. The number of carbonyl (C=O) groups excluding carboxylic acids is 2. The van der Waals surface area contributed by atoms with Gasteiger partial charge in [0.2, 0.25) is 0 Å². The first-order valence-electron chi connectivity index (χ1n) is 15.5. The number of hydrogen-bond donors (Lipinski definition) is 6. The fourth-order valence-electron chi connectivity index (χ4n) is 6.58. The molecule has 4 rings (SSSR count). The Labute approximate surface area is 263 Å². The van der Waals surface area contributed by atoms with Crippen molar-refractivity contribution in [1.29, 1.82) is 0 Å². The quantitative estimate of drug-likeness (QED) is 0.177. The van der Waals surface area contributed by atoms with Crippen LogP contribution in [0, 0.1) is 19.8 Å². The predicted octanol–water partition coefficient (Wildman–Crippen LogP) is 5.79. The normalized spacial score (nSPS) is 18.3. The fraction of sp³-hybridized carbons (Fsp3) is 0.429. The van der Waals surface area contributed by atoms with E-state index in [1.165, 1.54) is 0 Å². The van der Waals surface area contributed by atoms with Crippen LogP contribution in [-0.4, -0.2) is 43.9 Å².